The Bertz CT molecular complexity index is 1240. The molecule has 2 aromatic rings. The SMILES string of the molecule is O=C(O)C1C2CC(Sc3ccccc3[N+](=O)[O-])C(Cl)C2c2cc(Cl)cc3c2N1CC1CC=CC31. The van der Waals surface area contributed by atoms with Crippen molar-refractivity contribution in [1.29, 1.82) is 0 Å². The summed E-state index contributed by atoms with van der Waals surface area (Å²) in [6.07, 6.45) is 5.89. The van der Waals surface area contributed by atoms with Crippen molar-refractivity contribution in [2.24, 2.45) is 11.8 Å². The maximum absolute atomic E-state index is 12.7. The Kier molecular flexibility index (Phi) is 5.35. The summed E-state index contributed by atoms with van der Waals surface area (Å²) in [5, 5.41) is 22.0. The number of carboxylic acids is 1. The van der Waals surface area contributed by atoms with Gasteiger partial charge in [-0.1, -0.05) is 35.9 Å². The third-order valence-electron chi connectivity index (χ3n) is 7.86. The number of nitro benzene ring substituents is 1. The molecule has 34 heavy (non-hydrogen) atoms. The van der Waals surface area contributed by atoms with Crippen molar-refractivity contribution in [2.45, 2.75) is 46.2 Å². The quantitative estimate of drug-likeness (QED) is 0.230. The van der Waals surface area contributed by atoms with Crippen molar-refractivity contribution in [2.75, 3.05) is 11.4 Å². The van der Waals surface area contributed by atoms with E-state index in [9.17, 15) is 20.0 Å². The van der Waals surface area contributed by atoms with Crippen LogP contribution in [0.5, 0.6) is 0 Å². The van der Waals surface area contributed by atoms with E-state index < -0.39 is 12.0 Å². The number of alkyl halides is 1. The first-order valence-electron chi connectivity index (χ1n) is 11.4. The molecule has 176 valence electrons. The lowest BCUT2D eigenvalue weighted by atomic mass is 9.72. The Morgan fingerprint density at radius 3 is 2.76 bits per heavy atom. The zero-order valence-electron chi connectivity index (χ0n) is 18.0. The summed E-state index contributed by atoms with van der Waals surface area (Å²) < 4.78 is 0. The first-order valence-corrected chi connectivity index (χ1v) is 13.1. The molecule has 2 aliphatic heterocycles. The first-order chi connectivity index (χ1) is 16.3. The summed E-state index contributed by atoms with van der Waals surface area (Å²) in [4.78, 5) is 26.5. The fraction of sp³-hybridized carbons (Fsp3) is 0.400. The molecule has 1 fully saturated rings. The lowest BCUT2D eigenvalue weighted by Gasteiger charge is -2.49. The van der Waals surface area contributed by atoms with E-state index in [-0.39, 0.29) is 39.0 Å². The maximum atomic E-state index is 12.7. The first kappa shape index (κ1) is 22.3. The number of hydrogen-bond acceptors (Lipinski definition) is 5. The molecule has 0 saturated heterocycles. The Hall–Kier alpha value is -2.22. The van der Waals surface area contributed by atoms with Crippen LogP contribution in [-0.4, -0.2) is 39.2 Å². The Morgan fingerprint density at radius 2 is 2.00 bits per heavy atom. The van der Waals surface area contributed by atoms with E-state index in [1.165, 1.54) is 17.8 Å². The standard InChI is InChI=1S/C25H22Cl2N2O4S/c26-13-8-15-14-5-3-4-12(14)11-28-23(15)16(9-13)21-17(24(28)25(30)31)10-20(22(21)27)34-19-7-2-1-6-18(19)29(32)33/h1-3,5-9,12,14,17,20-22,24H,4,10-11H2,(H,30,31). The Morgan fingerprint density at radius 1 is 1.24 bits per heavy atom. The molecular formula is C25H22Cl2N2O4S. The minimum absolute atomic E-state index is 0.0471. The zero-order valence-corrected chi connectivity index (χ0v) is 20.3. The van der Waals surface area contributed by atoms with Gasteiger partial charge >= 0.3 is 5.97 Å². The Balaban J connectivity index is 1.45. The summed E-state index contributed by atoms with van der Waals surface area (Å²) in [6.45, 7) is 0.689. The number of carbonyl (C=O) groups is 1. The monoisotopic (exact) mass is 516 g/mol. The minimum Gasteiger partial charge on any atom is -0.480 e. The highest BCUT2D eigenvalue weighted by Crippen LogP contribution is 2.60. The maximum Gasteiger partial charge on any atom is 0.326 e. The zero-order chi connectivity index (χ0) is 23.7. The molecule has 0 bridgehead atoms. The highest BCUT2D eigenvalue weighted by atomic mass is 35.5. The number of nitro groups is 1. The van der Waals surface area contributed by atoms with E-state index in [0.29, 0.717) is 28.8 Å². The van der Waals surface area contributed by atoms with Crippen LogP contribution < -0.4 is 4.90 Å². The van der Waals surface area contributed by atoms with Crippen LogP contribution in [0.2, 0.25) is 5.02 Å². The number of anilines is 1. The number of hydrogen-bond donors (Lipinski definition) is 1. The van der Waals surface area contributed by atoms with Gasteiger partial charge in [0, 0.05) is 40.4 Å². The van der Waals surface area contributed by atoms with Crippen LogP contribution in [0.1, 0.15) is 35.8 Å². The predicted octanol–water partition coefficient (Wildman–Crippen LogP) is 6.07. The fourth-order valence-electron chi connectivity index (χ4n) is 6.60. The van der Waals surface area contributed by atoms with Crippen LogP contribution in [0.15, 0.2) is 53.4 Å². The van der Waals surface area contributed by atoms with Crippen molar-refractivity contribution < 1.29 is 14.8 Å². The molecule has 0 radical (unpaired) electrons. The van der Waals surface area contributed by atoms with E-state index in [1.54, 1.807) is 18.2 Å². The average molecular weight is 517 g/mol. The van der Waals surface area contributed by atoms with Gasteiger partial charge in [-0.15, -0.1) is 23.4 Å². The number of nitrogens with zero attached hydrogens (tertiary/aromatic N) is 2. The summed E-state index contributed by atoms with van der Waals surface area (Å²) in [5.74, 6) is -0.658. The number of rotatable bonds is 4. The van der Waals surface area contributed by atoms with E-state index in [4.69, 9.17) is 23.2 Å². The van der Waals surface area contributed by atoms with E-state index in [1.807, 2.05) is 12.1 Å². The van der Waals surface area contributed by atoms with Crippen LogP contribution in [0.4, 0.5) is 11.4 Å². The molecule has 0 amide bonds. The largest absolute Gasteiger partial charge is 0.480 e. The molecule has 1 N–H and O–H groups in total. The van der Waals surface area contributed by atoms with Gasteiger partial charge in [-0.05, 0) is 54.0 Å². The Labute approximate surface area is 211 Å². The summed E-state index contributed by atoms with van der Waals surface area (Å²) in [7, 11) is 0. The van der Waals surface area contributed by atoms with Crippen molar-refractivity contribution in [3.63, 3.8) is 0 Å². The van der Waals surface area contributed by atoms with Gasteiger partial charge in [-0.3, -0.25) is 10.1 Å². The van der Waals surface area contributed by atoms with Crippen LogP contribution in [0.25, 0.3) is 0 Å². The summed E-state index contributed by atoms with van der Waals surface area (Å²) >= 11 is 15.1. The van der Waals surface area contributed by atoms with Gasteiger partial charge in [0.25, 0.3) is 5.69 Å². The molecular weight excluding hydrogens is 495 g/mol. The summed E-state index contributed by atoms with van der Waals surface area (Å²) in [6, 6.07) is 9.90. The molecule has 0 spiro atoms. The number of thioether (sulfide) groups is 1. The molecule has 6 nitrogen and oxygen atoms in total. The minimum atomic E-state index is -0.842. The topological polar surface area (TPSA) is 83.7 Å². The highest BCUT2D eigenvalue weighted by Gasteiger charge is 2.56. The molecule has 6 rings (SSSR count). The number of para-hydroxylation sites is 1. The van der Waals surface area contributed by atoms with Gasteiger partial charge < -0.3 is 10.0 Å². The third kappa shape index (κ3) is 3.28. The van der Waals surface area contributed by atoms with E-state index in [0.717, 1.165) is 23.2 Å². The second-order valence-electron chi connectivity index (χ2n) is 9.57. The highest BCUT2D eigenvalue weighted by molar-refractivity contribution is 8.00. The van der Waals surface area contributed by atoms with Crippen LogP contribution in [-0.2, 0) is 4.79 Å². The van der Waals surface area contributed by atoms with Crippen LogP contribution >= 0.6 is 35.0 Å². The molecule has 4 aliphatic rings. The van der Waals surface area contributed by atoms with Gasteiger partial charge in [0.1, 0.15) is 6.04 Å². The number of benzene rings is 2. The summed E-state index contributed by atoms with van der Waals surface area (Å²) in [5.41, 5.74) is 3.14. The number of aliphatic carboxylic acids is 1. The molecule has 1 saturated carbocycles. The van der Waals surface area contributed by atoms with E-state index in [2.05, 4.69) is 17.1 Å². The second kappa shape index (κ2) is 8.18. The molecule has 2 aliphatic carbocycles. The van der Waals surface area contributed by atoms with Crippen LogP contribution in [0, 0.1) is 22.0 Å². The van der Waals surface area contributed by atoms with Crippen molar-refractivity contribution >= 4 is 52.3 Å². The molecule has 9 heteroatoms. The van der Waals surface area contributed by atoms with Crippen molar-refractivity contribution in [1.82, 2.24) is 0 Å². The third-order valence-corrected chi connectivity index (χ3v) is 10.2. The number of fused-ring (bicyclic) bond motifs is 4. The smallest absolute Gasteiger partial charge is 0.326 e. The number of halogens is 2. The second-order valence-corrected chi connectivity index (χ2v) is 11.8. The molecule has 0 aromatic heterocycles. The molecule has 2 aromatic carbocycles. The number of allylic oxidation sites excluding steroid dienone is 2. The van der Waals surface area contributed by atoms with Gasteiger partial charge in [-0.2, -0.15) is 0 Å². The van der Waals surface area contributed by atoms with Crippen molar-refractivity contribution in [3.8, 4) is 0 Å². The van der Waals surface area contributed by atoms with E-state index >= 15 is 0 Å². The molecule has 7 unspecified atom stereocenters. The molecule has 7 atom stereocenters. The molecule has 2 heterocycles. The lowest BCUT2D eigenvalue weighted by molar-refractivity contribution is -0.387. The average Bonchev–Trinajstić information content (AvgIpc) is 3.38. The normalized spacial score (nSPS) is 32.8. The van der Waals surface area contributed by atoms with Gasteiger partial charge in [0.15, 0.2) is 0 Å². The van der Waals surface area contributed by atoms with Gasteiger partial charge in [0.2, 0.25) is 0 Å². The lowest BCUT2D eigenvalue weighted by Crippen LogP contribution is -2.55. The van der Waals surface area contributed by atoms with Crippen molar-refractivity contribution in [3.05, 3.63) is 74.8 Å². The fourth-order valence-corrected chi connectivity index (χ4v) is 8.78. The van der Waals surface area contributed by atoms with Crippen LogP contribution in [0.3, 0.4) is 0 Å². The van der Waals surface area contributed by atoms with Gasteiger partial charge in [0.05, 0.1) is 15.2 Å². The number of carboxylic acid groups (broad SMARTS) is 1. The van der Waals surface area contributed by atoms with Gasteiger partial charge in [-0.25, -0.2) is 4.79 Å². The predicted molar refractivity (Wildman–Crippen MR) is 133 cm³/mol.